The Morgan fingerprint density at radius 2 is 1.79 bits per heavy atom. The smallest absolute Gasteiger partial charge is 0.242 e. The maximum Gasteiger partial charge on any atom is 0.242 e. The van der Waals surface area contributed by atoms with Gasteiger partial charge in [-0.05, 0) is 19.8 Å². The highest BCUT2D eigenvalue weighted by Gasteiger charge is 2.48. The maximum atomic E-state index is 12.3. The molecule has 1 heterocycles. The summed E-state index contributed by atoms with van der Waals surface area (Å²) < 4.78 is 0. The van der Waals surface area contributed by atoms with E-state index < -0.39 is 11.8 Å². The third-order valence-electron chi connectivity index (χ3n) is 4.48. The summed E-state index contributed by atoms with van der Waals surface area (Å²) in [4.78, 5) is 37.1. The third-order valence-corrected chi connectivity index (χ3v) is 4.48. The number of carbonyl (C=O) groups is 3. The molecule has 0 bridgehead atoms. The van der Waals surface area contributed by atoms with E-state index in [1.54, 1.807) is 6.92 Å². The molecule has 106 valence electrons. The van der Waals surface area contributed by atoms with Crippen LogP contribution in [0, 0.1) is 11.8 Å². The Bertz CT molecular complexity index is 413. The molecule has 2 unspecified atom stereocenters. The number of carbonyl (C=O) groups excluding carboxylic acids is 3. The van der Waals surface area contributed by atoms with Crippen molar-refractivity contribution in [3.05, 3.63) is 0 Å². The maximum absolute atomic E-state index is 12.3. The van der Waals surface area contributed by atoms with Gasteiger partial charge in [0.2, 0.25) is 17.7 Å². The van der Waals surface area contributed by atoms with Gasteiger partial charge in [-0.15, -0.1) is 0 Å². The van der Waals surface area contributed by atoms with Gasteiger partial charge >= 0.3 is 0 Å². The number of nitrogens with one attached hydrogen (secondary N) is 1. The molecule has 1 saturated carbocycles. The monoisotopic (exact) mass is 266 g/mol. The van der Waals surface area contributed by atoms with Crippen molar-refractivity contribution in [2.75, 3.05) is 7.05 Å². The second-order valence-corrected chi connectivity index (χ2v) is 6.11. The van der Waals surface area contributed by atoms with E-state index in [1.165, 1.54) is 13.5 Å². The van der Waals surface area contributed by atoms with Crippen LogP contribution in [-0.4, -0.2) is 35.2 Å². The SMILES string of the molecule is CC1C(=O)N(C)C(=O)C1C(=O)NC1(C)CCCCC1. The zero-order valence-electron chi connectivity index (χ0n) is 11.9. The predicted molar refractivity (Wildman–Crippen MR) is 70.1 cm³/mol. The summed E-state index contributed by atoms with van der Waals surface area (Å²) in [5.74, 6) is -2.34. The molecule has 2 atom stereocenters. The van der Waals surface area contributed by atoms with Crippen molar-refractivity contribution in [1.29, 1.82) is 0 Å². The van der Waals surface area contributed by atoms with Crippen molar-refractivity contribution in [1.82, 2.24) is 10.2 Å². The van der Waals surface area contributed by atoms with Gasteiger partial charge in [0.05, 0.1) is 5.92 Å². The third kappa shape index (κ3) is 2.51. The van der Waals surface area contributed by atoms with Crippen molar-refractivity contribution in [2.45, 2.75) is 51.5 Å². The Labute approximate surface area is 113 Å². The molecular formula is C14H22N2O3. The molecule has 2 fully saturated rings. The van der Waals surface area contributed by atoms with Crippen LogP contribution in [0.4, 0.5) is 0 Å². The van der Waals surface area contributed by atoms with Gasteiger partial charge in [0, 0.05) is 12.6 Å². The molecule has 0 aromatic heterocycles. The number of imide groups is 1. The first-order chi connectivity index (χ1) is 8.86. The summed E-state index contributed by atoms with van der Waals surface area (Å²) in [6, 6.07) is 0. The number of hydrogen-bond donors (Lipinski definition) is 1. The van der Waals surface area contributed by atoms with Gasteiger partial charge in [-0.2, -0.15) is 0 Å². The van der Waals surface area contributed by atoms with E-state index in [1.807, 2.05) is 6.92 Å². The van der Waals surface area contributed by atoms with Gasteiger partial charge < -0.3 is 5.32 Å². The topological polar surface area (TPSA) is 66.5 Å². The van der Waals surface area contributed by atoms with Crippen molar-refractivity contribution < 1.29 is 14.4 Å². The molecule has 0 aromatic carbocycles. The van der Waals surface area contributed by atoms with E-state index in [-0.39, 0.29) is 23.3 Å². The molecule has 19 heavy (non-hydrogen) atoms. The highest BCUT2D eigenvalue weighted by atomic mass is 16.2. The molecule has 2 rings (SSSR count). The second-order valence-electron chi connectivity index (χ2n) is 6.11. The lowest BCUT2D eigenvalue weighted by Crippen LogP contribution is -2.51. The second kappa shape index (κ2) is 4.94. The van der Waals surface area contributed by atoms with E-state index in [9.17, 15) is 14.4 Å². The summed E-state index contributed by atoms with van der Waals surface area (Å²) in [5, 5.41) is 3.00. The molecule has 1 aliphatic carbocycles. The van der Waals surface area contributed by atoms with Crippen LogP contribution >= 0.6 is 0 Å². The van der Waals surface area contributed by atoms with Crippen molar-refractivity contribution in [2.24, 2.45) is 11.8 Å². The highest BCUT2D eigenvalue weighted by Crippen LogP contribution is 2.30. The summed E-state index contributed by atoms with van der Waals surface area (Å²) >= 11 is 0. The molecule has 5 heteroatoms. The molecule has 1 N–H and O–H groups in total. The molecule has 3 amide bonds. The van der Waals surface area contributed by atoms with Crippen molar-refractivity contribution >= 4 is 17.7 Å². The van der Waals surface area contributed by atoms with Gasteiger partial charge in [0.25, 0.3) is 0 Å². The van der Waals surface area contributed by atoms with Gasteiger partial charge in [-0.1, -0.05) is 26.2 Å². The fourth-order valence-corrected chi connectivity index (χ4v) is 3.15. The minimum absolute atomic E-state index is 0.223. The van der Waals surface area contributed by atoms with Gasteiger partial charge in [0.1, 0.15) is 5.92 Å². The summed E-state index contributed by atoms with van der Waals surface area (Å²) in [7, 11) is 1.44. The number of amides is 3. The van der Waals surface area contributed by atoms with E-state index in [2.05, 4.69) is 5.32 Å². The predicted octanol–water partition coefficient (Wildman–Crippen LogP) is 1.08. The standard InChI is InChI=1S/C14H22N2O3/c1-9-10(13(19)16(3)12(9)18)11(17)15-14(2)7-5-4-6-8-14/h9-10H,4-8H2,1-3H3,(H,15,17). The van der Waals surface area contributed by atoms with E-state index in [0.717, 1.165) is 30.6 Å². The molecule has 2 aliphatic rings. The zero-order valence-corrected chi connectivity index (χ0v) is 11.9. The van der Waals surface area contributed by atoms with Crippen LogP contribution in [0.25, 0.3) is 0 Å². The number of hydrogen-bond acceptors (Lipinski definition) is 3. The number of rotatable bonds is 2. The quantitative estimate of drug-likeness (QED) is 0.600. The molecule has 1 saturated heterocycles. The molecule has 0 spiro atoms. The largest absolute Gasteiger partial charge is 0.350 e. The average Bonchev–Trinajstić information content (AvgIpc) is 2.54. The molecule has 5 nitrogen and oxygen atoms in total. The minimum Gasteiger partial charge on any atom is -0.350 e. The minimum atomic E-state index is -0.851. The highest BCUT2D eigenvalue weighted by molar-refractivity contribution is 6.14. The lowest BCUT2D eigenvalue weighted by Gasteiger charge is -2.35. The molecule has 0 aromatic rings. The van der Waals surface area contributed by atoms with E-state index in [4.69, 9.17) is 0 Å². The lowest BCUT2D eigenvalue weighted by atomic mass is 9.82. The van der Waals surface area contributed by atoms with Crippen LogP contribution in [0.5, 0.6) is 0 Å². The van der Waals surface area contributed by atoms with Crippen molar-refractivity contribution in [3.63, 3.8) is 0 Å². The Hall–Kier alpha value is -1.39. The van der Waals surface area contributed by atoms with Crippen LogP contribution < -0.4 is 5.32 Å². The first-order valence-corrected chi connectivity index (χ1v) is 6.99. The summed E-state index contributed by atoms with van der Waals surface area (Å²) in [6.45, 7) is 3.68. The fourth-order valence-electron chi connectivity index (χ4n) is 3.15. The fraction of sp³-hybridized carbons (Fsp3) is 0.786. The lowest BCUT2D eigenvalue weighted by molar-refractivity contribution is -0.140. The van der Waals surface area contributed by atoms with E-state index in [0.29, 0.717) is 0 Å². The van der Waals surface area contributed by atoms with Crippen LogP contribution in [0.1, 0.15) is 46.0 Å². The summed E-state index contributed by atoms with van der Waals surface area (Å²) in [5.41, 5.74) is -0.223. The normalized spacial score (nSPS) is 30.6. The first kappa shape index (κ1) is 14.0. The Morgan fingerprint density at radius 3 is 2.26 bits per heavy atom. The van der Waals surface area contributed by atoms with Crippen LogP contribution in [-0.2, 0) is 14.4 Å². The molecule has 0 radical (unpaired) electrons. The Balaban J connectivity index is 2.08. The Kier molecular flexibility index (Phi) is 3.65. The van der Waals surface area contributed by atoms with Crippen molar-refractivity contribution in [3.8, 4) is 0 Å². The zero-order chi connectivity index (χ0) is 14.2. The average molecular weight is 266 g/mol. The van der Waals surface area contributed by atoms with Gasteiger partial charge in [-0.25, -0.2) is 0 Å². The Morgan fingerprint density at radius 1 is 1.21 bits per heavy atom. The van der Waals surface area contributed by atoms with E-state index >= 15 is 0 Å². The number of likely N-dealkylation sites (tertiary alicyclic amines) is 1. The summed E-state index contributed by atoms with van der Waals surface area (Å²) in [6.07, 6.45) is 5.29. The van der Waals surface area contributed by atoms with Gasteiger partial charge in [-0.3, -0.25) is 19.3 Å². The first-order valence-electron chi connectivity index (χ1n) is 6.99. The molecule has 1 aliphatic heterocycles. The number of nitrogens with zero attached hydrogens (tertiary/aromatic N) is 1. The van der Waals surface area contributed by atoms with Crippen LogP contribution in [0.2, 0.25) is 0 Å². The molecular weight excluding hydrogens is 244 g/mol. The van der Waals surface area contributed by atoms with Crippen LogP contribution in [0.15, 0.2) is 0 Å². The van der Waals surface area contributed by atoms with Gasteiger partial charge in [0.15, 0.2) is 0 Å². The van der Waals surface area contributed by atoms with Crippen LogP contribution in [0.3, 0.4) is 0 Å².